The molecule has 0 aliphatic carbocycles. The second-order valence-electron chi connectivity index (χ2n) is 2.76. The highest BCUT2D eigenvalue weighted by atomic mass is 35.5. The molecule has 0 heterocycles. The molecule has 0 saturated heterocycles. The maximum absolute atomic E-state index is 10.8. The van der Waals surface area contributed by atoms with Crippen LogP contribution in [-0.4, -0.2) is 19.6 Å². The Morgan fingerprint density at radius 2 is 2.36 bits per heavy atom. The Bertz CT molecular complexity index is 315. The average Bonchev–Trinajstić information content (AvgIpc) is 2.17. The van der Waals surface area contributed by atoms with Gasteiger partial charge in [-0.15, -0.1) is 0 Å². The van der Waals surface area contributed by atoms with E-state index in [1.165, 1.54) is 7.11 Å². The van der Waals surface area contributed by atoms with Gasteiger partial charge in [0.2, 0.25) is 0 Å². The zero-order valence-electron chi connectivity index (χ0n) is 7.92. The number of benzene rings is 1. The standard InChI is InChI=1S/C10H12ClNO2/c1-14-10(13)5-6-12-9-4-2-3-8(11)7-9/h2-4,7,12H,5-6H2,1H3. The molecule has 0 unspecified atom stereocenters. The number of ether oxygens (including phenoxy) is 1. The van der Waals surface area contributed by atoms with Crippen LogP contribution in [0.25, 0.3) is 0 Å². The minimum atomic E-state index is -0.223. The fraction of sp³-hybridized carbons (Fsp3) is 0.300. The molecule has 1 aromatic carbocycles. The molecule has 0 aliphatic heterocycles. The summed E-state index contributed by atoms with van der Waals surface area (Å²) in [7, 11) is 1.38. The highest BCUT2D eigenvalue weighted by Gasteiger charge is 1.99. The second-order valence-corrected chi connectivity index (χ2v) is 3.20. The van der Waals surface area contributed by atoms with E-state index < -0.39 is 0 Å². The first-order chi connectivity index (χ1) is 6.72. The molecule has 1 rings (SSSR count). The van der Waals surface area contributed by atoms with Gasteiger partial charge in [-0.2, -0.15) is 0 Å². The van der Waals surface area contributed by atoms with Crippen molar-refractivity contribution in [3.8, 4) is 0 Å². The van der Waals surface area contributed by atoms with E-state index in [2.05, 4.69) is 10.1 Å². The average molecular weight is 214 g/mol. The lowest BCUT2D eigenvalue weighted by molar-refractivity contribution is -0.140. The summed E-state index contributed by atoms with van der Waals surface area (Å²) in [6.45, 7) is 0.549. The van der Waals surface area contributed by atoms with Gasteiger partial charge in [0.05, 0.1) is 13.5 Å². The van der Waals surface area contributed by atoms with E-state index in [0.717, 1.165) is 5.69 Å². The van der Waals surface area contributed by atoms with Gasteiger partial charge in [-0.1, -0.05) is 17.7 Å². The quantitative estimate of drug-likeness (QED) is 0.781. The second kappa shape index (κ2) is 5.50. The van der Waals surface area contributed by atoms with Crippen LogP contribution >= 0.6 is 11.6 Å². The van der Waals surface area contributed by atoms with Gasteiger partial charge in [0.1, 0.15) is 0 Å². The van der Waals surface area contributed by atoms with Crippen molar-refractivity contribution in [3.63, 3.8) is 0 Å². The molecular weight excluding hydrogens is 202 g/mol. The van der Waals surface area contributed by atoms with Crippen LogP contribution in [0.3, 0.4) is 0 Å². The Morgan fingerprint density at radius 3 is 3.00 bits per heavy atom. The van der Waals surface area contributed by atoms with E-state index >= 15 is 0 Å². The number of hydrogen-bond acceptors (Lipinski definition) is 3. The van der Waals surface area contributed by atoms with Crippen LogP contribution in [-0.2, 0) is 9.53 Å². The summed E-state index contributed by atoms with van der Waals surface area (Å²) in [6, 6.07) is 7.35. The van der Waals surface area contributed by atoms with Crippen LogP contribution in [0.15, 0.2) is 24.3 Å². The van der Waals surface area contributed by atoms with E-state index in [4.69, 9.17) is 11.6 Å². The Morgan fingerprint density at radius 1 is 1.57 bits per heavy atom. The Labute approximate surface area is 88.0 Å². The van der Waals surface area contributed by atoms with Crippen LogP contribution in [0.4, 0.5) is 5.69 Å². The third-order valence-electron chi connectivity index (χ3n) is 1.71. The molecule has 14 heavy (non-hydrogen) atoms. The van der Waals surface area contributed by atoms with E-state index in [-0.39, 0.29) is 5.97 Å². The number of carbonyl (C=O) groups excluding carboxylic acids is 1. The normalized spacial score (nSPS) is 9.57. The molecule has 4 heteroatoms. The molecule has 1 N–H and O–H groups in total. The van der Waals surface area contributed by atoms with Gasteiger partial charge < -0.3 is 10.1 Å². The van der Waals surface area contributed by atoms with Crippen molar-refractivity contribution in [2.45, 2.75) is 6.42 Å². The largest absolute Gasteiger partial charge is 0.469 e. The molecule has 0 radical (unpaired) electrons. The van der Waals surface area contributed by atoms with Gasteiger partial charge in [0.15, 0.2) is 0 Å². The fourth-order valence-electron chi connectivity index (χ4n) is 1.01. The third kappa shape index (κ3) is 3.66. The van der Waals surface area contributed by atoms with Crippen LogP contribution in [0.2, 0.25) is 5.02 Å². The summed E-state index contributed by atoms with van der Waals surface area (Å²) in [5.74, 6) is -0.223. The monoisotopic (exact) mass is 213 g/mol. The zero-order valence-corrected chi connectivity index (χ0v) is 8.67. The van der Waals surface area contributed by atoms with E-state index in [1.54, 1.807) is 12.1 Å². The topological polar surface area (TPSA) is 38.3 Å². The Balaban J connectivity index is 2.35. The van der Waals surface area contributed by atoms with Gasteiger partial charge in [-0.3, -0.25) is 4.79 Å². The molecule has 0 spiro atoms. The summed E-state index contributed by atoms with van der Waals surface area (Å²) >= 11 is 5.78. The molecule has 0 bridgehead atoms. The first-order valence-electron chi connectivity index (χ1n) is 4.28. The number of esters is 1. The Kier molecular flexibility index (Phi) is 4.26. The molecule has 0 aromatic heterocycles. The number of hydrogen-bond donors (Lipinski definition) is 1. The molecule has 76 valence electrons. The summed E-state index contributed by atoms with van der Waals surface area (Å²) in [6.07, 6.45) is 0.350. The van der Waals surface area contributed by atoms with Crippen molar-refractivity contribution in [1.82, 2.24) is 0 Å². The first kappa shape index (κ1) is 10.9. The number of methoxy groups -OCH3 is 1. The minimum absolute atomic E-state index is 0.223. The van der Waals surface area contributed by atoms with Gasteiger partial charge in [-0.05, 0) is 18.2 Å². The molecule has 0 atom stereocenters. The molecule has 1 aromatic rings. The fourth-order valence-corrected chi connectivity index (χ4v) is 1.20. The van der Waals surface area contributed by atoms with Crippen molar-refractivity contribution in [2.24, 2.45) is 0 Å². The summed E-state index contributed by atoms with van der Waals surface area (Å²) in [4.78, 5) is 10.8. The minimum Gasteiger partial charge on any atom is -0.469 e. The number of carbonyl (C=O) groups is 1. The Hall–Kier alpha value is -1.22. The maximum atomic E-state index is 10.8. The SMILES string of the molecule is COC(=O)CCNc1cccc(Cl)c1. The highest BCUT2D eigenvalue weighted by Crippen LogP contribution is 2.14. The third-order valence-corrected chi connectivity index (χ3v) is 1.95. The lowest BCUT2D eigenvalue weighted by Gasteiger charge is -2.05. The summed E-state index contributed by atoms with van der Waals surface area (Å²) in [5, 5.41) is 3.74. The highest BCUT2D eigenvalue weighted by molar-refractivity contribution is 6.30. The predicted octanol–water partition coefficient (Wildman–Crippen LogP) is 2.32. The zero-order chi connectivity index (χ0) is 10.4. The smallest absolute Gasteiger partial charge is 0.307 e. The number of halogens is 1. The summed E-state index contributed by atoms with van der Waals surface area (Å²) in [5.41, 5.74) is 0.904. The number of anilines is 1. The van der Waals surface area contributed by atoms with Gasteiger partial charge in [-0.25, -0.2) is 0 Å². The van der Waals surface area contributed by atoms with Gasteiger partial charge in [0.25, 0.3) is 0 Å². The predicted molar refractivity (Wildman–Crippen MR) is 56.6 cm³/mol. The molecular formula is C10H12ClNO2. The molecule has 3 nitrogen and oxygen atoms in total. The van der Waals surface area contributed by atoms with Crippen molar-refractivity contribution in [1.29, 1.82) is 0 Å². The van der Waals surface area contributed by atoms with Gasteiger partial charge >= 0.3 is 5.97 Å². The van der Waals surface area contributed by atoms with Crippen LogP contribution < -0.4 is 5.32 Å². The molecule has 0 fully saturated rings. The first-order valence-corrected chi connectivity index (χ1v) is 4.66. The van der Waals surface area contributed by atoms with E-state index in [1.807, 2.05) is 12.1 Å². The van der Waals surface area contributed by atoms with E-state index in [9.17, 15) is 4.79 Å². The molecule has 0 saturated carbocycles. The lowest BCUT2D eigenvalue weighted by Crippen LogP contribution is -2.09. The lowest BCUT2D eigenvalue weighted by atomic mass is 10.3. The van der Waals surface area contributed by atoms with Crippen LogP contribution in [0.5, 0.6) is 0 Å². The van der Waals surface area contributed by atoms with Gasteiger partial charge in [0, 0.05) is 17.3 Å². The van der Waals surface area contributed by atoms with Crippen molar-refractivity contribution >= 4 is 23.3 Å². The number of nitrogens with one attached hydrogen (secondary N) is 1. The van der Waals surface area contributed by atoms with Crippen molar-refractivity contribution < 1.29 is 9.53 Å². The van der Waals surface area contributed by atoms with Crippen molar-refractivity contribution in [3.05, 3.63) is 29.3 Å². The summed E-state index contributed by atoms with van der Waals surface area (Å²) < 4.78 is 4.51. The van der Waals surface area contributed by atoms with Crippen molar-refractivity contribution in [2.75, 3.05) is 19.0 Å². The van der Waals surface area contributed by atoms with Crippen LogP contribution in [0, 0.1) is 0 Å². The maximum Gasteiger partial charge on any atom is 0.307 e. The van der Waals surface area contributed by atoms with Crippen LogP contribution in [0.1, 0.15) is 6.42 Å². The van der Waals surface area contributed by atoms with E-state index in [0.29, 0.717) is 18.0 Å². The number of rotatable bonds is 4. The molecule has 0 amide bonds. The molecule has 0 aliphatic rings.